The van der Waals surface area contributed by atoms with E-state index in [0.29, 0.717) is 45.3 Å². The fourth-order valence-electron chi connectivity index (χ4n) is 10.5. The molecule has 1 radical (unpaired) electrons. The summed E-state index contributed by atoms with van der Waals surface area (Å²) in [6.45, 7) is 9.77. The van der Waals surface area contributed by atoms with Crippen LogP contribution in [0.4, 0.5) is 17.1 Å². The summed E-state index contributed by atoms with van der Waals surface area (Å²) in [7, 11) is -7.33. The standard InChI is InChI=1S/C58H64N4O8S2.K/c1-57(2)48-38-46(71(65,66)67)29-31-51(48)60(5)53(57)33-25-41-17-16-18-42(37-41)26-34-54-58(3,4)49-39-47(72(68,69)70)30-32-52(49)61(54)36-15-7-8-23-55(63)59-35-14-6-9-24-56(64)62-40-45-21-11-10-19-43(45)27-28-44-20-12-13-22-50(44)62;/h10-13,19-22,25-26,29-34,37-39H,6-9,14-18,23-24,35-36,40H2,1-5H3,(H2-,59,63,65,66,67,68,69,70);/p-1. The Balaban J connectivity index is 0.00000780. The first kappa shape index (κ1) is 56.0. The van der Waals surface area contributed by atoms with Crippen LogP contribution in [0.2, 0.25) is 0 Å². The van der Waals surface area contributed by atoms with E-state index in [1.165, 1.54) is 24.3 Å². The molecule has 12 nitrogen and oxygen atoms in total. The van der Waals surface area contributed by atoms with Gasteiger partial charge in [-0.05, 0) is 136 Å². The molecule has 1 N–H and O–H groups in total. The minimum atomic E-state index is -4.67. The molecule has 377 valence electrons. The zero-order chi connectivity index (χ0) is 51.4. The normalized spacial score (nSPS) is 17.7. The number of carbonyl (C=O) groups excluding carboxylic acids is 2. The topological polar surface area (TPSA) is 170 Å². The fourth-order valence-corrected chi connectivity index (χ4v) is 11.5. The minimum absolute atomic E-state index is 0. The average molecular weight is 1050 g/mol. The van der Waals surface area contributed by atoms with Crippen molar-refractivity contribution in [1.29, 1.82) is 0 Å². The summed E-state index contributed by atoms with van der Waals surface area (Å²) in [6, 6.07) is 24.9. The Kier molecular flexibility index (Phi) is 18.0. The smallest absolute Gasteiger partial charge is 0.227 e. The second-order valence-electron chi connectivity index (χ2n) is 20.2. The van der Waals surface area contributed by atoms with Crippen molar-refractivity contribution < 1.29 is 40.1 Å². The molecule has 0 saturated heterocycles. The second kappa shape index (κ2) is 23.4. The van der Waals surface area contributed by atoms with Crippen LogP contribution in [0.1, 0.15) is 126 Å². The Bertz CT molecular complexity index is 3270. The molecule has 0 fully saturated rings. The number of anilines is 2. The Morgan fingerprint density at radius 2 is 1.38 bits per heavy atom. The summed E-state index contributed by atoms with van der Waals surface area (Å²) in [5.41, 5.74) is 9.94. The summed E-state index contributed by atoms with van der Waals surface area (Å²) in [4.78, 5) is 30.0. The van der Waals surface area contributed by atoms with Crippen LogP contribution in [-0.4, -0.2) is 120 Å². The van der Waals surface area contributed by atoms with Gasteiger partial charge in [-0.2, -0.15) is 4.58 Å². The zero-order valence-corrected chi connectivity index (χ0v) is 47.5. The molecule has 0 bridgehead atoms. The van der Waals surface area contributed by atoms with Crippen molar-refractivity contribution in [2.75, 3.05) is 29.9 Å². The van der Waals surface area contributed by atoms with Crippen LogP contribution in [0, 0.1) is 11.8 Å². The predicted molar refractivity (Wildman–Crippen MR) is 286 cm³/mol. The number of benzene rings is 4. The number of rotatable bonds is 17. The van der Waals surface area contributed by atoms with Crippen molar-refractivity contribution in [3.8, 4) is 11.8 Å². The van der Waals surface area contributed by atoms with Gasteiger partial charge in [0.05, 0.1) is 27.4 Å². The first-order chi connectivity index (χ1) is 34.2. The number of allylic oxidation sites excluding steroid dienone is 8. The molecule has 1 aliphatic carbocycles. The number of unbranched alkanes of at least 4 members (excludes halogenated alkanes) is 4. The predicted octanol–water partition coefficient (Wildman–Crippen LogP) is 9.58. The van der Waals surface area contributed by atoms with E-state index in [1.54, 1.807) is 12.1 Å². The van der Waals surface area contributed by atoms with Crippen LogP contribution in [0.5, 0.6) is 0 Å². The van der Waals surface area contributed by atoms with Gasteiger partial charge in [0.1, 0.15) is 27.3 Å². The maximum absolute atomic E-state index is 13.6. The average Bonchev–Trinajstić information content (AvgIpc) is 3.67. The Morgan fingerprint density at radius 1 is 0.726 bits per heavy atom. The van der Waals surface area contributed by atoms with Crippen molar-refractivity contribution >= 4 is 106 Å². The van der Waals surface area contributed by atoms with Crippen LogP contribution in [0.25, 0.3) is 0 Å². The molecule has 3 heterocycles. The van der Waals surface area contributed by atoms with Crippen LogP contribution in [-0.2, 0) is 47.2 Å². The van der Waals surface area contributed by atoms with E-state index in [2.05, 4.69) is 52.4 Å². The third kappa shape index (κ3) is 12.9. The number of carbonyl (C=O) groups is 2. The van der Waals surface area contributed by atoms with Gasteiger partial charge in [-0.15, -0.1) is 0 Å². The number of nitrogens with zero attached hydrogens (tertiary/aromatic N) is 3. The van der Waals surface area contributed by atoms with Gasteiger partial charge in [0.25, 0.3) is 0 Å². The maximum atomic E-state index is 13.6. The van der Waals surface area contributed by atoms with E-state index in [4.69, 9.17) is 0 Å². The van der Waals surface area contributed by atoms with E-state index in [1.807, 2.05) is 92.7 Å². The quantitative estimate of drug-likeness (QED) is 0.0356. The first-order valence-electron chi connectivity index (χ1n) is 24.9. The van der Waals surface area contributed by atoms with Crippen LogP contribution in [0.15, 0.2) is 142 Å². The van der Waals surface area contributed by atoms with E-state index >= 15 is 0 Å². The summed E-state index contributed by atoms with van der Waals surface area (Å²) >= 11 is 0. The Labute approximate surface area is 474 Å². The third-order valence-electron chi connectivity index (χ3n) is 14.5. The van der Waals surface area contributed by atoms with Gasteiger partial charge in [-0.25, -0.2) is 16.8 Å². The molecule has 73 heavy (non-hydrogen) atoms. The summed E-state index contributed by atoms with van der Waals surface area (Å²) < 4.78 is 74.0. The summed E-state index contributed by atoms with van der Waals surface area (Å²) in [5, 5.41) is 3.05. The Hall–Kier alpha value is -4.73. The van der Waals surface area contributed by atoms with Gasteiger partial charge in [0, 0.05) is 123 Å². The molecule has 2 amide bonds. The summed E-state index contributed by atoms with van der Waals surface area (Å²) in [5.74, 6) is 6.56. The second-order valence-corrected chi connectivity index (χ2v) is 22.9. The third-order valence-corrected chi connectivity index (χ3v) is 16.2. The van der Waals surface area contributed by atoms with Gasteiger partial charge in [0.15, 0.2) is 5.71 Å². The maximum Gasteiger partial charge on any atom is 0.227 e. The number of nitrogens with one attached hydrogen (secondary N) is 1. The van der Waals surface area contributed by atoms with E-state index in [-0.39, 0.29) is 73.0 Å². The fraction of sp³-hybridized carbons (Fsp3) is 0.362. The van der Waals surface area contributed by atoms with Gasteiger partial charge in [0.2, 0.25) is 17.5 Å². The number of para-hydroxylation sites is 1. The van der Waals surface area contributed by atoms with Crippen molar-refractivity contribution in [3.05, 3.63) is 160 Å². The largest absolute Gasteiger partial charge is 0.744 e. The van der Waals surface area contributed by atoms with Crippen LogP contribution >= 0.6 is 0 Å². The molecule has 0 aromatic heterocycles. The van der Waals surface area contributed by atoms with Gasteiger partial charge in [-0.3, -0.25) is 9.59 Å². The number of hydrogen-bond donors (Lipinski definition) is 1. The zero-order valence-electron chi connectivity index (χ0n) is 42.8. The molecule has 15 heteroatoms. The van der Waals surface area contributed by atoms with E-state index < -0.39 is 31.1 Å². The SMILES string of the molecule is C[N+]1=C(/C=C/C2=CC(=CC=C3N(CCCCCC(=O)NCCCCCC(=O)N4Cc5ccccc5C#Cc5ccccc54)c4ccc(S(=O)(=O)[O-])cc4C3(C)C)CCC2)C(C)(C)c2cc(S(=O)(=O)[O-])ccc21.[K]. The molecule has 4 aromatic carbocycles. The Morgan fingerprint density at radius 3 is 2.14 bits per heavy atom. The van der Waals surface area contributed by atoms with E-state index in [0.717, 1.165) is 112 Å². The van der Waals surface area contributed by atoms with Crippen LogP contribution in [0.3, 0.4) is 0 Å². The molecule has 0 saturated carbocycles. The van der Waals surface area contributed by atoms with Gasteiger partial charge < -0.3 is 24.2 Å². The molecule has 8 rings (SSSR count). The molecule has 0 spiro atoms. The van der Waals surface area contributed by atoms with Gasteiger partial charge >= 0.3 is 0 Å². The molecule has 3 aliphatic heterocycles. The van der Waals surface area contributed by atoms with Crippen molar-refractivity contribution in [2.24, 2.45) is 0 Å². The van der Waals surface area contributed by atoms with Crippen LogP contribution < -0.4 is 15.1 Å². The van der Waals surface area contributed by atoms with Crippen molar-refractivity contribution in [2.45, 2.75) is 125 Å². The molecular weight excluding hydrogens is 984 g/mol. The number of amides is 2. The summed E-state index contributed by atoms with van der Waals surface area (Å²) in [6.07, 6.45) is 18.7. The molecule has 0 atom stereocenters. The van der Waals surface area contributed by atoms with Gasteiger partial charge in [-0.1, -0.05) is 87.1 Å². The molecule has 4 aromatic rings. The number of fused-ring (bicyclic) bond motifs is 4. The van der Waals surface area contributed by atoms with Crippen molar-refractivity contribution in [3.63, 3.8) is 0 Å². The number of hydrogen-bond acceptors (Lipinski definition) is 9. The minimum Gasteiger partial charge on any atom is -0.744 e. The van der Waals surface area contributed by atoms with Crippen molar-refractivity contribution in [1.82, 2.24) is 5.32 Å². The molecule has 0 unspecified atom stereocenters. The molecular formula is C58H63KN4O8S2-. The molecule has 4 aliphatic rings. The monoisotopic (exact) mass is 1050 g/mol. The first-order valence-corrected chi connectivity index (χ1v) is 27.7. The van der Waals surface area contributed by atoms with E-state index in [9.17, 15) is 35.5 Å².